The van der Waals surface area contributed by atoms with Crippen LogP contribution >= 0.6 is 0 Å². The summed E-state index contributed by atoms with van der Waals surface area (Å²) >= 11 is 0. The van der Waals surface area contributed by atoms with Crippen molar-refractivity contribution in [2.24, 2.45) is 0 Å². The Kier molecular flexibility index (Phi) is 3.68. The molecule has 4 aromatic carbocycles. The van der Waals surface area contributed by atoms with E-state index in [4.69, 9.17) is 0 Å². The van der Waals surface area contributed by atoms with Crippen LogP contribution in [0.15, 0.2) is 72.8 Å². The quantitative estimate of drug-likeness (QED) is 0.528. The second-order valence-corrected chi connectivity index (χ2v) is 6.02. The van der Waals surface area contributed by atoms with Gasteiger partial charge in [-0.1, -0.05) is 54.6 Å². The van der Waals surface area contributed by atoms with Crippen LogP contribution in [0.2, 0.25) is 0 Å². The summed E-state index contributed by atoms with van der Waals surface area (Å²) in [5.74, 6) is 0.262. The SMILES string of the molecule is OCCc1ccc(O)c(-c2c3ccccc3cc3ccccc23)c1. The van der Waals surface area contributed by atoms with Gasteiger partial charge >= 0.3 is 0 Å². The van der Waals surface area contributed by atoms with E-state index in [1.165, 1.54) is 0 Å². The van der Waals surface area contributed by atoms with Crippen LogP contribution in [-0.4, -0.2) is 16.8 Å². The molecule has 0 bridgehead atoms. The van der Waals surface area contributed by atoms with Gasteiger partial charge in [-0.15, -0.1) is 0 Å². The van der Waals surface area contributed by atoms with Crippen molar-refractivity contribution in [2.75, 3.05) is 6.61 Å². The molecule has 0 saturated heterocycles. The van der Waals surface area contributed by atoms with Crippen molar-refractivity contribution in [3.63, 3.8) is 0 Å². The maximum Gasteiger partial charge on any atom is 0.123 e. The minimum Gasteiger partial charge on any atom is -0.507 e. The molecule has 0 saturated carbocycles. The molecule has 24 heavy (non-hydrogen) atoms. The number of aromatic hydroxyl groups is 1. The van der Waals surface area contributed by atoms with Crippen LogP contribution in [-0.2, 0) is 6.42 Å². The highest BCUT2D eigenvalue weighted by atomic mass is 16.3. The van der Waals surface area contributed by atoms with Crippen LogP contribution in [0, 0.1) is 0 Å². The van der Waals surface area contributed by atoms with Crippen LogP contribution in [0.25, 0.3) is 32.7 Å². The molecule has 0 radical (unpaired) electrons. The third-order valence-corrected chi connectivity index (χ3v) is 4.50. The van der Waals surface area contributed by atoms with Gasteiger partial charge in [0.15, 0.2) is 0 Å². The molecule has 118 valence electrons. The van der Waals surface area contributed by atoms with Crippen LogP contribution in [0.1, 0.15) is 5.56 Å². The highest BCUT2D eigenvalue weighted by Gasteiger charge is 2.13. The Labute approximate surface area is 140 Å². The molecule has 0 atom stereocenters. The lowest BCUT2D eigenvalue weighted by Crippen LogP contribution is -1.92. The molecule has 0 aliphatic carbocycles. The predicted octanol–water partition coefficient (Wildman–Crippen LogP) is 4.90. The third-order valence-electron chi connectivity index (χ3n) is 4.50. The van der Waals surface area contributed by atoms with E-state index in [0.29, 0.717) is 6.42 Å². The third kappa shape index (κ3) is 2.41. The minimum atomic E-state index is 0.0977. The van der Waals surface area contributed by atoms with Gasteiger partial charge in [0.1, 0.15) is 5.75 Å². The molecule has 2 heteroatoms. The zero-order chi connectivity index (χ0) is 16.5. The number of aliphatic hydroxyl groups is 1. The van der Waals surface area contributed by atoms with Crippen molar-refractivity contribution in [1.29, 1.82) is 0 Å². The van der Waals surface area contributed by atoms with Crippen LogP contribution in [0.3, 0.4) is 0 Å². The number of aliphatic hydroxyl groups excluding tert-OH is 1. The average Bonchev–Trinajstić information content (AvgIpc) is 2.62. The molecule has 0 fully saturated rings. The Balaban J connectivity index is 2.13. The first-order chi connectivity index (χ1) is 11.8. The first-order valence-electron chi connectivity index (χ1n) is 8.11. The largest absolute Gasteiger partial charge is 0.507 e. The number of phenolic OH excluding ortho intramolecular Hbond substituents is 1. The van der Waals surface area contributed by atoms with E-state index in [2.05, 4.69) is 30.3 Å². The summed E-state index contributed by atoms with van der Waals surface area (Å²) in [6.07, 6.45) is 0.579. The molecule has 4 aromatic rings. The standard InChI is InChI=1S/C22H18O2/c23-12-11-15-9-10-21(24)20(13-15)22-18-7-3-1-5-16(18)14-17-6-2-4-8-19(17)22/h1-10,13-14,23-24H,11-12H2. The Bertz CT molecular complexity index is 980. The molecule has 4 rings (SSSR count). The van der Waals surface area contributed by atoms with Gasteiger partial charge in [-0.25, -0.2) is 0 Å². The Morgan fingerprint density at radius 1 is 0.708 bits per heavy atom. The Morgan fingerprint density at radius 2 is 1.33 bits per heavy atom. The van der Waals surface area contributed by atoms with Crippen LogP contribution in [0.4, 0.5) is 0 Å². The van der Waals surface area contributed by atoms with Gasteiger partial charge in [-0.05, 0) is 51.7 Å². The van der Waals surface area contributed by atoms with Gasteiger partial charge in [0, 0.05) is 17.7 Å². The molecular weight excluding hydrogens is 296 g/mol. The maximum absolute atomic E-state index is 10.5. The van der Waals surface area contributed by atoms with Gasteiger partial charge in [0.25, 0.3) is 0 Å². The molecule has 0 unspecified atom stereocenters. The number of hydrogen-bond donors (Lipinski definition) is 2. The average molecular weight is 314 g/mol. The zero-order valence-electron chi connectivity index (χ0n) is 13.2. The number of phenols is 1. The number of benzene rings is 4. The van der Waals surface area contributed by atoms with E-state index in [0.717, 1.165) is 38.2 Å². The van der Waals surface area contributed by atoms with Gasteiger partial charge < -0.3 is 10.2 Å². The van der Waals surface area contributed by atoms with Gasteiger partial charge in [-0.2, -0.15) is 0 Å². The van der Waals surface area contributed by atoms with Crippen LogP contribution < -0.4 is 0 Å². The molecule has 2 nitrogen and oxygen atoms in total. The fraction of sp³-hybridized carbons (Fsp3) is 0.0909. The Hall–Kier alpha value is -2.84. The van der Waals surface area contributed by atoms with E-state index in [9.17, 15) is 10.2 Å². The lowest BCUT2D eigenvalue weighted by Gasteiger charge is -2.14. The number of fused-ring (bicyclic) bond motifs is 2. The van der Waals surface area contributed by atoms with Crippen molar-refractivity contribution >= 4 is 21.5 Å². The molecule has 0 aliphatic heterocycles. The number of hydrogen-bond acceptors (Lipinski definition) is 2. The minimum absolute atomic E-state index is 0.0977. The molecule has 0 amide bonds. The second kappa shape index (κ2) is 5.99. The molecule has 2 N–H and O–H groups in total. The topological polar surface area (TPSA) is 40.5 Å². The molecule has 0 aliphatic rings. The second-order valence-electron chi connectivity index (χ2n) is 6.02. The normalized spacial score (nSPS) is 11.2. The van der Waals surface area contributed by atoms with Crippen molar-refractivity contribution < 1.29 is 10.2 Å². The van der Waals surface area contributed by atoms with E-state index in [-0.39, 0.29) is 12.4 Å². The highest BCUT2D eigenvalue weighted by molar-refractivity contribution is 6.13. The number of rotatable bonds is 3. The van der Waals surface area contributed by atoms with E-state index in [1.807, 2.05) is 36.4 Å². The lowest BCUT2D eigenvalue weighted by atomic mass is 9.90. The summed E-state index contributed by atoms with van der Waals surface area (Å²) < 4.78 is 0. The van der Waals surface area contributed by atoms with E-state index >= 15 is 0 Å². The van der Waals surface area contributed by atoms with Gasteiger partial charge in [-0.3, -0.25) is 0 Å². The summed E-state index contributed by atoms with van der Waals surface area (Å²) in [6.45, 7) is 0.0977. The molecule has 0 aromatic heterocycles. The summed E-state index contributed by atoms with van der Waals surface area (Å²) in [5, 5.41) is 24.3. The summed E-state index contributed by atoms with van der Waals surface area (Å²) in [7, 11) is 0. The zero-order valence-corrected chi connectivity index (χ0v) is 13.2. The molecular formula is C22H18O2. The van der Waals surface area contributed by atoms with E-state index < -0.39 is 0 Å². The molecule has 0 heterocycles. The first kappa shape index (κ1) is 14.7. The first-order valence-corrected chi connectivity index (χ1v) is 8.11. The smallest absolute Gasteiger partial charge is 0.123 e. The van der Waals surface area contributed by atoms with Crippen molar-refractivity contribution in [1.82, 2.24) is 0 Å². The highest BCUT2D eigenvalue weighted by Crippen LogP contribution is 2.40. The monoisotopic (exact) mass is 314 g/mol. The summed E-state index contributed by atoms with van der Waals surface area (Å²) in [5.41, 5.74) is 2.87. The summed E-state index contributed by atoms with van der Waals surface area (Å²) in [6, 6.07) is 24.2. The van der Waals surface area contributed by atoms with E-state index in [1.54, 1.807) is 6.07 Å². The van der Waals surface area contributed by atoms with Crippen molar-refractivity contribution in [2.45, 2.75) is 6.42 Å². The van der Waals surface area contributed by atoms with Crippen molar-refractivity contribution in [3.05, 3.63) is 78.4 Å². The van der Waals surface area contributed by atoms with Crippen LogP contribution in [0.5, 0.6) is 5.75 Å². The fourth-order valence-electron chi connectivity index (χ4n) is 3.37. The Morgan fingerprint density at radius 3 is 1.96 bits per heavy atom. The van der Waals surface area contributed by atoms with Crippen molar-refractivity contribution in [3.8, 4) is 16.9 Å². The lowest BCUT2D eigenvalue weighted by molar-refractivity contribution is 0.299. The van der Waals surface area contributed by atoms with Gasteiger partial charge in [0.2, 0.25) is 0 Å². The predicted molar refractivity (Wildman–Crippen MR) is 99.3 cm³/mol. The summed E-state index contributed by atoms with van der Waals surface area (Å²) in [4.78, 5) is 0. The maximum atomic E-state index is 10.5. The fourth-order valence-corrected chi connectivity index (χ4v) is 3.37. The molecule has 0 spiro atoms. The van der Waals surface area contributed by atoms with Gasteiger partial charge in [0.05, 0.1) is 0 Å².